The van der Waals surface area contributed by atoms with E-state index < -0.39 is 11.9 Å². The first-order valence-electron chi connectivity index (χ1n) is 4.82. The van der Waals surface area contributed by atoms with Crippen LogP contribution in [0.25, 0.3) is 0 Å². The van der Waals surface area contributed by atoms with Crippen molar-refractivity contribution in [3.05, 3.63) is 35.4 Å². The Morgan fingerprint density at radius 3 is 2.59 bits per heavy atom. The van der Waals surface area contributed by atoms with Crippen LogP contribution in [0, 0.1) is 0 Å². The van der Waals surface area contributed by atoms with Gasteiger partial charge in [0.15, 0.2) is 0 Å². The van der Waals surface area contributed by atoms with Crippen LogP contribution in [0.5, 0.6) is 0 Å². The molecule has 6 heteroatoms. The van der Waals surface area contributed by atoms with E-state index in [1.165, 1.54) is 24.3 Å². The van der Waals surface area contributed by atoms with Crippen molar-refractivity contribution in [3.63, 3.8) is 0 Å². The van der Waals surface area contributed by atoms with Gasteiger partial charge >= 0.3 is 63.3 Å². The van der Waals surface area contributed by atoms with Crippen molar-refractivity contribution in [2.75, 3.05) is 5.75 Å². The predicted molar refractivity (Wildman–Crippen MR) is 68.7 cm³/mol. The van der Waals surface area contributed by atoms with Crippen molar-refractivity contribution in [2.24, 2.45) is 0 Å². The average molecular weight is 280 g/mol. The Balaban J connectivity index is 0.00000256. The minimum absolute atomic E-state index is 0. The van der Waals surface area contributed by atoms with Gasteiger partial charge in [0.1, 0.15) is 0 Å². The zero-order chi connectivity index (χ0) is 12.0. The van der Waals surface area contributed by atoms with Crippen LogP contribution >= 0.6 is 12.0 Å². The van der Waals surface area contributed by atoms with Gasteiger partial charge in [0.2, 0.25) is 0 Å². The molecule has 0 aliphatic rings. The minimum atomic E-state index is -1.06. The summed E-state index contributed by atoms with van der Waals surface area (Å²) in [5.74, 6) is -0.845. The molecule has 0 fully saturated rings. The van der Waals surface area contributed by atoms with Crippen LogP contribution in [0.1, 0.15) is 34.1 Å². The second-order valence-electron chi connectivity index (χ2n) is 3.08. The van der Waals surface area contributed by atoms with Gasteiger partial charge in [-0.3, -0.25) is 0 Å². The second-order valence-corrected chi connectivity index (χ2v) is 3.89. The Morgan fingerprint density at radius 2 is 2.00 bits per heavy atom. The van der Waals surface area contributed by atoms with Crippen LogP contribution in [0.2, 0.25) is 0 Å². The first kappa shape index (κ1) is 17.1. The number of rotatable bonds is 5. The maximum absolute atomic E-state index is 11.5. The molecule has 88 valence electrons. The van der Waals surface area contributed by atoms with Gasteiger partial charge in [-0.2, -0.15) is 0 Å². The standard InChI is InChI=1S/C11H12O4S.K.H/c1-2-6-16-15-11(14)9-5-3-4-8(7-9)10(12)13;;/h3-5,7H,2,6H2,1H3,(H,12,13);;. The van der Waals surface area contributed by atoms with Crippen molar-refractivity contribution >= 4 is 75.4 Å². The molecule has 0 aliphatic carbocycles. The van der Waals surface area contributed by atoms with Gasteiger partial charge in [0.25, 0.3) is 0 Å². The molecule has 0 amide bonds. The summed E-state index contributed by atoms with van der Waals surface area (Å²) in [5, 5.41) is 8.75. The Kier molecular flexibility index (Phi) is 9.20. The quantitative estimate of drug-likeness (QED) is 0.507. The first-order valence-corrected chi connectivity index (χ1v) is 5.73. The fourth-order valence-corrected chi connectivity index (χ4v) is 1.46. The predicted octanol–water partition coefficient (Wildman–Crippen LogP) is 1.95. The molecular formula is C11H13KO4S. The molecule has 1 aromatic rings. The monoisotopic (exact) mass is 280 g/mol. The molecule has 17 heavy (non-hydrogen) atoms. The molecule has 0 radical (unpaired) electrons. The number of hydrogen-bond donors (Lipinski definition) is 1. The molecule has 0 atom stereocenters. The normalized spacial score (nSPS) is 9.24. The molecule has 0 unspecified atom stereocenters. The van der Waals surface area contributed by atoms with Gasteiger partial charge in [-0.15, -0.1) is 0 Å². The fourth-order valence-electron chi connectivity index (χ4n) is 1.01. The van der Waals surface area contributed by atoms with E-state index in [0.29, 0.717) is 0 Å². The topological polar surface area (TPSA) is 63.6 Å². The molecular weight excluding hydrogens is 267 g/mol. The third-order valence-electron chi connectivity index (χ3n) is 1.77. The van der Waals surface area contributed by atoms with Crippen molar-refractivity contribution in [2.45, 2.75) is 13.3 Å². The van der Waals surface area contributed by atoms with Crippen LogP contribution in [-0.4, -0.2) is 74.2 Å². The van der Waals surface area contributed by atoms with E-state index >= 15 is 0 Å². The number of carbonyl (C=O) groups excluding carboxylic acids is 1. The molecule has 0 bridgehead atoms. The zero-order valence-corrected chi connectivity index (χ0v) is 9.62. The van der Waals surface area contributed by atoms with Gasteiger partial charge < -0.3 is 9.29 Å². The summed E-state index contributed by atoms with van der Waals surface area (Å²) in [5.41, 5.74) is 0.332. The van der Waals surface area contributed by atoms with E-state index in [1.807, 2.05) is 6.92 Å². The van der Waals surface area contributed by atoms with E-state index in [0.717, 1.165) is 24.2 Å². The van der Waals surface area contributed by atoms with Crippen LogP contribution in [0.3, 0.4) is 0 Å². The molecule has 0 spiro atoms. The Morgan fingerprint density at radius 1 is 1.35 bits per heavy atom. The van der Waals surface area contributed by atoms with Gasteiger partial charge in [-0.25, -0.2) is 9.59 Å². The van der Waals surface area contributed by atoms with Crippen LogP contribution in [-0.2, 0) is 4.18 Å². The summed E-state index contributed by atoms with van der Waals surface area (Å²) >= 11 is 1.07. The Bertz CT molecular complexity index is 395. The van der Waals surface area contributed by atoms with E-state index in [1.54, 1.807) is 0 Å². The molecule has 0 saturated heterocycles. The molecule has 1 rings (SSSR count). The van der Waals surface area contributed by atoms with Gasteiger partial charge in [-0.1, -0.05) is 13.0 Å². The fraction of sp³-hybridized carbons (Fsp3) is 0.273. The van der Waals surface area contributed by atoms with Crippen molar-refractivity contribution in [1.29, 1.82) is 0 Å². The molecule has 0 saturated carbocycles. The third-order valence-corrected chi connectivity index (χ3v) is 2.61. The van der Waals surface area contributed by atoms with Crippen LogP contribution in [0.4, 0.5) is 0 Å². The van der Waals surface area contributed by atoms with E-state index in [-0.39, 0.29) is 62.5 Å². The SMILES string of the molecule is CCCSOC(=O)c1cccc(C(=O)O)c1.[KH]. The third kappa shape index (κ3) is 6.03. The van der Waals surface area contributed by atoms with E-state index in [2.05, 4.69) is 0 Å². The van der Waals surface area contributed by atoms with Crippen LogP contribution in [0.15, 0.2) is 24.3 Å². The summed E-state index contributed by atoms with van der Waals surface area (Å²) < 4.78 is 4.89. The molecule has 0 aliphatic heterocycles. The second kappa shape index (κ2) is 9.13. The van der Waals surface area contributed by atoms with E-state index in [4.69, 9.17) is 9.29 Å². The van der Waals surface area contributed by atoms with Crippen molar-refractivity contribution < 1.29 is 18.9 Å². The summed E-state index contributed by atoms with van der Waals surface area (Å²) in [7, 11) is 0. The Labute approximate surface area is 147 Å². The first-order chi connectivity index (χ1) is 7.65. The number of benzene rings is 1. The number of aromatic carboxylic acids is 1. The zero-order valence-electron chi connectivity index (χ0n) is 8.80. The van der Waals surface area contributed by atoms with Crippen LogP contribution < -0.4 is 0 Å². The van der Waals surface area contributed by atoms with E-state index in [9.17, 15) is 9.59 Å². The summed E-state index contributed by atoms with van der Waals surface area (Å²) in [6.07, 6.45) is 0.910. The number of hydrogen-bond acceptors (Lipinski definition) is 4. The summed E-state index contributed by atoms with van der Waals surface area (Å²) in [4.78, 5) is 22.1. The van der Waals surface area contributed by atoms with Crippen molar-refractivity contribution in [1.82, 2.24) is 0 Å². The summed E-state index contributed by atoms with van der Waals surface area (Å²) in [6.45, 7) is 1.98. The summed E-state index contributed by atoms with van der Waals surface area (Å²) in [6, 6.07) is 5.78. The molecule has 0 heterocycles. The van der Waals surface area contributed by atoms with Gasteiger partial charge in [0, 0.05) is 5.75 Å². The average Bonchev–Trinajstić information content (AvgIpc) is 2.29. The molecule has 0 aromatic heterocycles. The Hall–Kier alpha value is 0.146. The molecule has 1 N–H and O–H groups in total. The van der Waals surface area contributed by atoms with Gasteiger partial charge in [-0.05, 0) is 24.6 Å². The van der Waals surface area contributed by atoms with Crippen molar-refractivity contribution in [3.8, 4) is 0 Å². The number of carbonyl (C=O) groups is 2. The number of carboxylic acid groups (broad SMARTS) is 1. The molecule has 1 aromatic carbocycles. The molecule has 4 nitrogen and oxygen atoms in total. The number of carboxylic acids is 1. The van der Waals surface area contributed by atoms with Gasteiger partial charge in [0.05, 0.1) is 23.2 Å². The maximum atomic E-state index is 11.5.